The molecule has 104 valence electrons. The Bertz CT molecular complexity index is 548. The van der Waals surface area contributed by atoms with Crippen molar-refractivity contribution in [2.24, 2.45) is 11.7 Å². The molecule has 0 aliphatic heterocycles. The summed E-state index contributed by atoms with van der Waals surface area (Å²) in [7, 11) is 0. The Hall–Kier alpha value is -1.80. The van der Waals surface area contributed by atoms with E-state index in [2.05, 4.69) is 24.3 Å². The molecule has 3 rings (SSSR count). The van der Waals surface area contributed by atoms with Crippen molar-refractivity contribution in [1.82, 2.24) is 0 Å². The van der Waals surface area contributed by atoms with Crippen molar-refractivity contribution in [2.45, 2.75) is 31.9 Å². The normalized spacial score (nSPS) is 16.4. The maximum Gasteiger partial charge on any atom is 0.120 e. The van der Waals surface area contributed by atoms with Crippen LogP contribution in [0.1, 0.15) is 36.4 Å². The highest BCUT2D eigenvalue weighted by Gasteiger charge is 2.25. The van der Waals surface area contributed by atoms with Gasteiger partial charge in [0.05, 0.1) is 0 Å². The van der Waals surface area contributed by atoms with E-state index in [4.69, 9.17) is 10.5 Å². The topological polar surface area (TPSA) is 35.2 Å². The molecule has 0 saturated heterocycles. The molecule has 0 heterocycles. The summed E-state index contributed by atoms with van der Waals surface area (Å²) in [5, 5.41) is 0. The fourth-order valence-electron chi connectivity index (χ4n) is 2.62. The summed E-state index contributed by atoms with van der Waals surface area (Å²) in [6.07, 6.45) is 3.84. The van der Waals surface area contributed by atoms with E-state index in [1.54, 1.807) is 0 Å². The summed E-state index contributed by atoms with van der Waals surface area (Å²) in [5.41, 5.74) is 8.70. The third kappa shape index (κ3) is 3.02. The Kier molecular flexibility index (Phi) is 4.03. The number of benzene rings is 2. The number of ether oxygens (including phenoxy) is 1. The summed E-state index contributed by atoms with van der Waals surface area (Å²) in [4.78, 5) is 0. The van der Waals surface area contributed by atoms with Crippen LogP contribution in [0.5, 0.6) is 5.75 Å². The third-order valence-corrected chi connectivity index (χ3v) is 4.15. The van der Waals surface area contributed by atoms with Crippen LogP contribution in [-0.4, -0.2) is 0 Å². The smallest absolute Gasteiger partial charge is 0.120 e. The molecule has 2 N–H and O–H groups in total. The molecule has 1 saturated carbocycles. The molecular weight excluding hydrogens is 246 g/mol. The van der Waals surface area contributed by atoms with Gasteiger partial charge in [0.15, 0.2) is 0 Å². The molecule has 0 radical (unpaired) electrons. The molecule has 1 unspecified atom stereocenters. The van der Waals surface area contributed by atoms with Gasteiger partial charge in [-0.3, -0.25) is 0 Å². The molecule has 0 bridgehead atoms. The average molecular weight is 267 g/mol. The van der Waals surface area contributed by atoms with Crippen molar-refractivity contribution in [2.75, 3.05) is 0 Å². The lowest BCUT2D eigenvalue weighted by Crippen LogP contribution is -2.26. The molecule has 0 amide bonds. The van der Waals surface area contributed by atoms with E-state index in [9.17, 15) is 0 Å². The van der Waals surface area contributed by atoms with E-state index in [0.717, 1.165) is 5.75 Å². The van der Waals surface area contributed by atoms with E-state index >= 15 is 0 Å². The van der Waals surface area contributed by atoms with E-state index in [-0.39, 0.29) is 6.04 Å². The first-order valence-electron chi connectivity index (χ1n) is 7.35. The lowest BCUT2D eigenvalue weighted by Gasteiger charge is -2.31. The van der Waals surface area contributed by atoms with Crippen LogP contribution in [0.2, 0.25) is 0 Å². The van der Waals surface area contributed by atoms with Crippen molar-refractivity contribution < 1.29 is 4.74 Å². The van der Waals surface area contributed by atoms with E-state index in [1.165, 1.54) is 30.4 Å². The second-order valence-electron chi connectivity index (χ2n) is 5.56. The average Bonchev–Trinajstić information content (AvgIpc) is 2.45. The lowest BCUT2D eigenvalue weighted by molar-refractivity contribution is 0.263. The van der Waals surface area contributed by atoms with Gasteiger partial charge in [-0.2, -0.15) is 0 Å². The largest absolute Gasteiger partial charge is 0.489 e. The molecule has 1 fully saturated rings. The molecule has 2 aromatic rings. The molecular formula is C18H21NO. The zero-order valence-electron chi connectivity index (χ0n) is 11.7. The van der Waals surface area contributed by atoms with Crippen LogP contribution < -0.4 is 10.5 Å². The van der Waals surface area contributed by atoms with Gasteiger partial charge in [0, 0.05) is 6.04 Å². The van der Waals surface area contributed by atoms with Gasteiger partial charge < -0.3 is 10.5 Å². The van der Waals surface area contributed by atoms with Gasteiger partial charge in [0.25, 0.3) is 0 Å². The van der Waals surface area contributed by atoms with E-state index < -0.39 is 0 Å². The van der Waals surface area contributed by atoms with Gasteiger partial charge in [0.1, 0.15) is 12.4 Å². The molecule has 1 aliphatic rings. The summed E-state index contributed by atoms with van der Waals surface area (Å²) in [6, 6.07) is 18.6. The first kappa shape index (κ1) is 13.2. The molecule has 2 nitrogen and oxygen atoms in total. The molecule has 1 aliphatic carbocycles. The first-order valence-corrected chi connectivity index (χ1v) is 7.35. The maximum atomic E-state index is 6.32. The molecule has 0 spiro atoms. The Balaban J connectivity index is 1.65. The van der Waals surface area contributed by atoms with Crippen LogP contribution in [0.3, 0.4) is 0 Å². The van der Waals surface area contributed by atoms with Crippen LogP contribution in [-0.2, 0) is 6.61 Å². The molecule has 2 heteroatoms. The quantitative estimate of drug-likeness (QED) is 0.886. The highest BCUT2D eigenvalue weighted by molar-refractivity contribution is 5.31. The predicted molar refractivity (Wildman–Crippen MR) is 81.5 cm³/mol. The minimum absolute atomic E-state index is 0.157. The molecule has 2 aromatic carbocycles. The number of rotatable bonds is 5. The number of hydrogen-bond donors (Lipinski definition) is 1. The zero-order chi connectivity index (χ0) is 13.8. The SMILES string of the molecule is NC(c1cccc(OCc2ccccc2)c1)C1CCC1. The minimum atomic E-state index is 0.157. The van der Waals surface area contributed by atoms with Gasteiger partial charge in [-0.1, -0.05) is 48.9 Å². The van der Waals surface area contributed by atoms with Gasteiger partial charge in [-0.25, -0.2) is 0 Å². The Morgan fingerprint density at radius 2 is 1.85 bits per heavy atom. The Morgan fingerprint density at radius 3 is 2.55 bits per heavy atom. The van der Waals surface area contributed by atoms with Gasteiger partial charge in [0.2, 0.25) is 0 Å². The number of hydrogen-bond acceptors (Lipinski definition) is 2. The summed E-state index contributed by atoms with van der Waals surface area (Å²) < 4.78 is 5.86. The van der Waals surface area contributed by atoms with Gasteiger partial charge in [-0.05, 0) is 42.0 Å². The third-order valence-electron chi connectivity index (χ3n) is 4.15. The Morgan fingerprint density at radius 1 is 1.05 bits per heavy atom. The van der Waals surface area contributed by atoms with Crippen molar-refractivity contribution in [3.63, 3.8) is 0 Å². The predicted octanol–water partition coefficient (Wildman–Crippen LogP) is 4.07. The molecule has 1 atom stereocenters. The fourth-order valence-corrected chi connectivity index (χ4v) is 2.62. The van der Waals surface area contributed by atoms with Crippen LogP contribution in [0.4, 0.5) is 0 Å². The molecule has 0 aromatic heterocycles. The Labute approximate surface area is 120 Å². The molecule has 20 heavy (non-hydrogen) atoms. The van der Waals surface area contributed by atoms with Crippen molar-refractivity contribution in [3.05, 3.63) is 65.7 Å². The fraction of sp³-hybridized carbons (Fsp3) is 0.333. The standard InChI is InChI=1S/C18H21NO/c19-18(15-8-4-9-15)16-10-5-11-17(12-16)20-13-14-6-2-1-3-7-14/h1-3,5-7,10-12,15,18H,4,8-9,13,19H2. The maximum absolute atomic E-state index is 6.32. The monoisotopic (exact) mass is 267 g/mol. The summed E-state index contributed by atoms with van der Waals surface area (Å²) >= 11 is 0. The van der Waals surface area contributed by atoms with E-state index in [1.807, 2.05) is 30.3 Å². The van der Waals surface area contributed by atoms with Crippen LogP contribution in [0.25, 0.3) is 0 Å². The minimum Gasteiger partial charge on any atom is -0.489 e. The number of nitrogens with two attached hydrogens (primary N) is 1. The van der Waals surface area contributed by atoms with Gasteiger partial charge in [-0.15, -0.1) is 0 Å². The lowest BCUT2D eigenvalue weighted by atomic mass is 9.77. The summed E-state index contributed by atoms with van der Waals surface area (Å²) in [6.45, 7) is 0.600. The van der Waals surface area contributed by atoms with Crippen molar-refractivity contribution >= 4 is 0 Å². The highest BCUT2D eigenvalue weighted by atomic mass is 16.5. The van der Waals surface area contributed by atoms with Crippen molar-refractivity contribution in [3.8, 4) is 5.75 Å². The van der Waals surface area contributed by atoms with Gasteiger partial charge >= 0.3 is 0 Å². The summed E-state index contributed by atoms with van der Waals surface area (Å²) in [5.74, 6) is 1.56. The first-order chi connectivity index (χ1) is 9.83. The van der Waals surface area contributed by atoms with Crippen LogP contribution in [0, 0.1) is 5.92 Å². The van der Waals surface area contributed by atoms with Crippen molar-refractivity contribution in [1.29, 1.82) is 0 Å². The highest BCUT2D eigenvalue weighted by Crippen LogP contribution is 2.36. The second-order valence-corrected chi connectivity index (χ2v) is 5.56. The van der Waals surface area contributed by atoms with Crippen LogP contribution >= 0.6 is 0 Å². The zero-order valence-corrected chi connectivity index (χ0v) is 11.7. The second kappa shape index (κ2) is 6.10. The van der Waals surface area contributed by atoms with E-state index in [0.29, 0.717) is 12.5 Å². The van der Waals surface area contributed by atoms with Crippen LogP contribution in [0.15, 0.2) is 54.6 Å².